The van der Waals surface area contributed by atoms with Gasteiger partial charge in [-0.2, -0.15) is 0 Å². The number of hydrogen-bond acceptors (Lipinski definition) is 2. The third-order valence-electron chi connectivity index (χ3n) is 5.46. The van der Waals surface area contributed by atoms with Gasteiger partial charge >= 0.3 is 0 Å². The number of hydrogen-bond donors (Lipinski definition) is 1. The standard InChI is InChI=1S/C17H24BrNO/c1-16(2)11-12-4-5-14(18)10-15(12)17(16,20)13-6-8-19(3)9-7-13/h4-5,10,13,20H,6-9,11H2,1-3H3. The van der Waals surface area contributed by atoms with Gasteiger partial charge in [-0.3, -0.25) is 0 Å². The fourth-order valence-corrected chi connectivity index (χ4v) is 4.59. The van der Waals surface area contributed by atoms with Crippen LogP contribution >= 0.6 is 15.9 Å². The predicted octanol–water partition coefficient (Wildman–Crippen LogP) is 3.56. The number of rotatable bonds is 1. The first-order valence-electron chi connectivity index (χ1n) is 7.54. The second-order valence-electron chi connectivity index (χ2n) is 7.21. The fourth-order valence-electron chi connectivity index (χ4n) is 4.23. The van der Waals surface area contributed by atoms with Crippen molar-refractivity contribution in [1.82, 2.24) is 4.90 Å². The molecule has 2 nitrogen and oxygen atoms in total. The van der Waals surface area contributed by atoms with Crippen molar-refractivity contribution in [3.8, 4) is 0 Å². The van der Waals surface area contributed by atoms with E-state index in [-0.39, 0.29) is 5.41 Å². The van der Waals surface area contributed by atoms with Crippen molar-refractivity contribution in [2.24, 2.45) is 11.3 Å². The van der Waals surface area contributed by atoms with Crippen molar-refractivity contribution in [1.29, 1.82) is 0 Å². The van der Waals surface area contributed by atoms with Gasteiger partial charge in [0.15, 0.2) is 0 Å². The smallest absolute Gasteiger partial charge is 0.0982 e. The van der Waals surface area contributed by atoms with Crippen LogP contribution in [0.25, 0.3) is 0 Å². The molecule has 1 atom stereocenters. The van der Waals surface area contributed by atoms with Crippen LogP contribution in [-0.4, -0.2) is 30.1 Å². The van der Waals surface area contributed by atoms with Crippen LogP contribution in [-0.2, 0) is 12.0 Å². The third kappa shape index (κ3) is 2.06. The SMILES string of the molecule is CN1CCC(C2(O)c3cc(Br)ccc3CC2(C)C)CC1. The highest BCUT2D eigenvalue weighted by Gasteiger charge is 2.55. The normalized spacial score (nSPS) is 30.4. The van der Waals surface area contributed by atoms with E-state index in [4.69, 9.17) is 0 Å². The molecule has 1 N–H and O–H groups in total. The number of fused-ring (bicyclic) bond motifs is 1. The van der Waals surface area contributed by atoms with E-state index in [0.29, 0.717) is 5.92 Å². The second kappa shape index (κ2) is 4.82. The summed E-state index contributed by atoms with van der Waals surface area (Å²) in [6.45, 7) is 6.62. The molecule has 3 rings (SSSR count). The maximum atomic E-state index is 11.7. The summed E-state index contributed by atoms with van der Waals surface area (Å²) in [5, 5.41) is 11.7. The summed E-state index contributed by atoms with van der Waals surface area (Å²) >= 11 is 3.57. The molecule has 1 aromatic rings. The summed E-state index contributed by atoms with van der Waals surface area (Å²) in [5.41, 5.74) is 1.70. The van der Waals surface area contributed by atoms with E-state index < -0.39 is 5.60 Å². The minimum absolute atomic E-state index is 0.0866. The first kappa shape index (κ1) is 14.6. The van der Waals surface area contributed by atoms with E-state index in [9.17, 15) is 5.11 Å². The van der Waals surface area contributed by atoms with E-state index >= 15 is 0 Å². The van der Waals surface area contributed by atoms with Gasteiger partial charge in [-0.05, 0) is 68.6 Å². The van der Waals surface area contributed by atoms with Crippen molar-refractivity contribution in [3.05, 3.63) is 33.8 Å². The largest absolute Gasteiger partial charge is 0.384 e. The number of likely N-dealkylation sites (tertiary alicyclic amines) is 1. The molecule has 0 amide bonds. The number of halogens is 1. The van der Waals surface area contributed by atoms with Crippen molar-refractivity contribution in [2.75, 3.05) is 20.1 Å². The Bertz CT molecular complexity index is 520. The number of aliphatic hydroxyl groups is 1. The van der Waals surface area contributed by atoms with E-state index in [1.807, 2.05) is 0 Å². The Hall–Kier alpha value is -0.380. The summed E-state index contributed by atoms with van der Waals surface area (Å²) < 4.78 is 1.07. The molecule has 1 fully saturated rings. The highest BCUT2D eigenvalue weighted by Crippen LogP contribution is 2.56. The Morgan fingerprint density at radius 2 is 1.90 bits per heavy atom. The Kier molecular flexibility index (Phi) is 3.51. The Balaban J connectivity index is 2.04. The molecule has 1 heterocycles. The van der Waals surface area contributed by atoms with Crippen molar-refractivity contribution >= 4 is 15.9 Å². The maximum Gasteiger partial charge on any atom is 0.0982 e. The molecule has 0 bridgehead atoms. The van der Waals surface area contributed by atoms with Crippen LogP contribution in [0, 0.1) is 11.3 Å². The van der Waals surface area contributed by atoms with E-state index in [0.717, 1.165) is 42.4 Å². The molecule has 2 aliphatic rings. The van der Waals surface area contributed by atoms with Gasteiger partial charge in [0.05, 0.1) is 5.60 Å². The van der Waals surface area contributed by atoms with Gasteiger partial charge in [0, 0.05) is 9.89 Å². The Morgan fingerprint density at radius 1 is 1.25 bits per heavy atom. The lowest BCUT2D eigenvalue weighted by molar-refractivity contribution is -0.121. The van der Waals surface area contributed by atoms with Gasteiger partial charge < -0.3 is 10.0 Å². The quantitative estimate of drug-likeness (QED) is 0.846. The lowest BCUT2D eigenvalue weighted by atomic mass is 9.65. The molecule has 0 aromatic heterocycles. The van der Waals surface area contributed by atoms with E-state index in [2.05, 4.69) is 59.9 Å². The van der Waals surface area contributed by atoms with Gasteiger partial charge in [0.2, 0.25) is 0 Å². The molecule has 1 aliphatic carbocycles. The van der Waals surface area contributed by atoms with Crippen LogP contribution in [0.15, 0.2) is 22.7 Å². The van der Waals surface area contributed by atoms with Crippen LogP contribution in [0.4, 0.5) is 0 Å². The Morgan fingerprint density at radius 3 is 2.55 bits per heavy atom. The second-order valence-corrected chi connectivity index (χ2v) is 8.12. The number of benzene rings is 1. The highest BCUT2D eigenvalue weighted by molar-refractivity contribution is 9.10. The minimum atomic E-state index is -0.687. The van der Waals surface area contributed by atoms with Crippen molar-refractivity contribution in [2.45, 2.75) is 38.7 Å². The van der Waals surface area contributed by atoms with Gasteiger partial charge in [-0.1, -0.05) is 35.8 Å². The lowest BCUT2D eigenvalue weighted by Gasteiger charge is -2.46. The van der Waals surface area contributed by atoms with Gasteiger partial charge in [-0.15, -0.1) is 0 Å². The third-order valence-corrected chi connectivity index (χ3v) is 5.95. The maximum absolute atomic E-state index is 11.7. The average molecular weight is 338 g/mol. The van der Waals surface area contributed by atoms with Crippen LogP contribution in [0.3, 0.4) is 0 Å². The van der Waals surface area contributed by atoms with Gasteiger partial charge in [-0.25, -0.2) is 0 Å². The summed E-state index contributed by atoms with van der Waals surface area (Å²) in [4.78, 5) is 2.36. The number of nitrogens with zero attached hydrogens (tertiary/aromatic N) is 1. The molecule has 110 valence electrons. The molecular weight excluding hydrogens is 314 g/mol. The average Bonchev–Trinajstić information content (AvgIpc) is 2.59. The van der Waals surface area contributed by atoms with E-state index in [1.165, 1.54) is 5.56 Å². The molecule has 1 saturated heterocycles. The molecule has 1 unspecified atom stereocenters. The fraction of sp³-hybridized carbons (Fsp3) is 0.647. The number of piperidine rings is 1. The first-order valence-corrected chi connectivity index (χ1v) is 8.34. The van der Waals surface area contributed by atoms with Crippen LogP contribution in [0.5, 0.6) is 0 Å². The zero-order valence-electron chi connectivity index (χ0n) is 12.6. The van der Waals surface area contributed by atoms with Gasteiger partial charge in [0.1, 0.15) is 0 Å². The molecule has 0 spiro atoms. The van der Waals surface area contributed by atoms with Crippen LogP contribution in [0.1, 0.15) is 37.8 Å². The summed E-state index contributed by atoms with van der Waals surface area (Å²) in [6.07, 6.45) is 3.14. The molecule has 1 aliphatic heterocycles. The Labute approximate surface area is 130 Å². The summed E-state index contributed by atoms with van der Waals surface area (Å²) in [6, 6.07) is 6.41. The van der Waals surface area contributed by atoms with E-state index in [1.54, 1.807) is 0 Å². The predicted molar refractivity (Wildman–Crippen MR) is 85.7 cm³/mol. The zero-order valence-corrected chi connectivity index (χ0v) is 14.2. The first-order chi connectivity index (χ1) is 9.34. The summed E-state index contributed by atoms with van der Waals surface area (Å²) in [7, 11) is 2.17. The minimum Gasteiger partial charge on any atom is -0.384 e. The van der Waals surface area contributed by atoms with Crippen molar-refractivity contribution in [3.63, 3.8) is 0 Å². The zero-order chi connectivity index (χ0) is 14.5. The molecular formula is C17H24BrNO. The monoisotopic (exact) mass is 337 g/mol. The lowest BCUT2D eigenvalue weighted by Crippen LogP contribution is -2.49. The molecule has 3 heteroatoms. The summed E-state index contributed by atoms with van der Waals surface area (Å²) in [5.74, 6) is 0.365. The molecule has 20 heavy (non-hydrogen) atoms. The highest BCUT2D eigenvalue weighted by atomic mass is 79.9. The van der Waals surface area contributed by atoms with Gasteiger partial charge in [0.25, 0.3) is 0 Å². The molecule has 0 radical (unpaired) electrons. The van der Waals surface area contributed by atoms with Crippen LogP contribution < -0.4 is 0 Å². The van der Waals surface area contributed by atoms with Crippen LogP contribution in [0.2, 0.25) is 0 Å². The topological polar surface area (TPSA) is 23.5 Å². The van der Waals surface area contributed by atoms with Crippen molar-refractivity contribution < 1.29 is 5.11 Å². The molecule has 1 aromatic carbocycles. The molecule has 0 saturated carbocycles.